The molecule has 3 heteroatoms. The van der Waals surface area contributed by atoms with Crippen LogP contribution in [0, 0.1) is 5.92 Å². The largest absolute Gasteiger partial charge is 0.314 e. The van der Waals surface area contributed by atoms with Gasteiger partial charge < -0.3 is 5.32 Å². The first-order valence-corrected chi connectivity index (χ1v) is 5.51. The topological polar surface area (TPSA) is 32.3 Å². The molecule has 1 rings (SSSR count). The van der Waals surface area contributed by atoms with E-state index in [9.17, 15) is 4.79 Å². The SMILES string of the molecule is CC(C)NC[C@H]1CN(C(C)C)CC1=O. The van der Waals surface area contributed by atoms with Crippen LogP contribution in [0.2, 0.25) is 0 Å². The zero-order valence-corrected chi connectivity index (χ0v) is 9.71. The van der Waals surface area contributed by atoms with E-state index in [0.29, 0.717) is 24.4 Å². The lowest BCUT2D eigenvalue weighted by molar-refractivity contribution is -0.119. The second-order valence-electron chi connectivity index (χ2n) is 4.75. The highest BCUT2D eigenvalue weighted by Gasteiger charge is 2.31. The van der Waals surface area contributed by atoms with E-state index in [2.05, 4.69) is 37.9 Å². The minimum absolute atomic E-state index is 0.208. The van der Waals surface area contributed by atoms with Gasteiger partial charge in [0, 0.05) is 31.1 Å². The van der Waals surface area contributed by atoms with Crippen LogP contribution in [0.15, 0.2) is 0 Å². The Hall–Kier alpha value is -0.410. The van der Waals surface area contributed by atoms with Crippen LogP contribution in [-0.2, 0) is 4.79 Å². The molecule has 1 aliphatic heterocycles. The maximum atomic E-state index is 11.6. The number of hydrogen-bond acceptors (Lipinski definition) is 3. The van der Waals surface area contributed by atoms with Crippen LogP contribution in [0.4, 0.5) is 0 Å². The van der Waals surface area contributed by atoms with Gasteiger partial charge in [-0.05, 0) is 13.8 Å². The summed E-state index contributed by atoms with van der Waals surface area (Å²) in [7, 11) is 0. The molecule has 0 amide bonds. The molecule has 0 aromatic heterocycles. The summed E-state index contributed by atoms with van der Waals surface area (Å²) < 4.78 is 0. The molecule has 1 fully saturated rings. The third-order valence-electron chi connectivity index (χ3n) is 2.77. The molecular weight excluding hydrogens is 176 g/mol. The van der Waals surface area contributed by atoms with E-state index in [1.165, 1.54) is 0 Å². The average Bonchev–Trinajstić information content (AvgIpc) is 2.43. The van der Waals surface area contributed by atoms with Gasteiger partial charge in [-0.2, -0.15) is 0 Å². The quantitative estimate of drug-likeness (QED) is 0.728. The molecular formula is C11H22N2O. The van der Waals surface area contributed by atoms with Crippen molar-refractivity contribution in [2.24, 2.45) is 5.92 Å². The Labute approximate surface area is 86.9 Å². The van der Waals surface area contributed by atoms with Gasteiger partial charge in [0.1, 0.15) is 0 Å². The summed E-state index contributed by atoms with van der Waals surface area (Å²) in [6, 6.07) is 0.957. The van der Waals surface area contributed by atoms with Crippen LogP contribution in [0.25, 0.3) is 0 Å². The molecule has 82 valence electrons. The van der Waals surface area contributed by atoms with Gasteiger partial charge in [0.05, 0.1) is 6.54 Å². The van der Waals surface area contributed by atoms with Gasteiger partial charge in [0.25, 0.3) is 0 Å². The number of ketones is 1. The molecule has 1 heterocycles. The Morgan fingerprint density at radius 2 is 2.07 bits per heavy atom. The predicted molar refractivity (Wildman–Crippen MR) is 58.3 cm³/mol. The molecule has 1 atom stereocenters. The lowest BCUT2D eigenvalue weighted by Gasteiger charge is -2.19. The molecule has 0 unspecified atom stereocenters. The van der Waals surface area contributed by atoms with E-state index in [0.717, 1.165) is 13.1 Å². The van der Waals surface area contributed by atoms with Gasteiger partial charge in [-0.3, -0.25) is 9.69 Å². The molecule has 0 aromatic carbocycles. The Morgan fingerprint density at radius 1 is 1.43 bits per heavy atom. The molecule has 0 bridgehead atoms. The summed E-state index contributed by atoms with van der Waals surface area (Å²) in [5.41, 5.74) is 0. The van der Waals surface area contributed by atoms with Gasteiger partial charge in [-0.15, -0.1) is 0 Å². The fourth-order valence-corrected chi connectivity index (χ4v) is 1.73. The van der Waals surface area contributed by atoms with Gasteiger partial charge in [0.15, 0.2) is 5.78 Å². The number of carbonyl (C=O) groups excluding carboxylic acids is 1. The zero-order valence-electron chi connectivity index (χ0n) is 9.71. The summed E-state index contributed by atoms with van der Waals surface area (Å²) in [6.45, 7) is 10.9. The van der Waals surface area contributed by atoms with E-state index >= 15 is 0 Å². The zero-order chi connectivity index (χ0) is 10.7. The van der Waals surface area contributed by atoms with E-state index in [1.54, 1.807) is 0 Å². The monoisotopic (exact) mass is 198 g/mol. The minimum atomic E-state index is 0.208. The van der Waals surface area contributed by atoms with Crippen molar-refractivity contribution in [2.45, 2.75) is 39.8 Å². The summed E-state index contributed by atoms with van der Waals surface area (Å²) in [6.07, 6.45) is 0. The molecule has 14 heavy (non-hydrogen) atoms. The van der Waals surface area contributed by atoms with Crippen molar-refractivity contribution in [3.05, 3.63) is 0 Å². The van der Waals surface area contributed by atoms with E-state index < -0.39 is 0 Å². The normalized spacial score (nSPS) is 24.1. The van der Waals surface area contributed by atoms with Crippen molar-refractivity contribution < 1.29 is 4.79 Å². The van der Waals surface area contributed by atoms with E-state index in [4.69, 9.17) is 0 Å². The molecule has 0 saturated carbocycles. The molecule has 0 aromatic rings. The predicted octanol–water partition coefficient (Wildman–Crippen LogP) is 0.894. The summed E-state index contributed by atoms with van der Waals surface area (Å²) in [5, 5.41) is 3.33. The van der Waals surface area contributed by atoms with Crippen molar-refractivity contribution in [3.8, 4) is 0 Å². The van der Waals surface area contributed by atoms with Crippen LogP contribution in [0.1, 0.15) is 27.7 Å². The van der Waals surface area contributed by atoms with Gasteiger partial charge in [-0.25, -0.2) is 0 Å². The van der Waals surface area contributed by atoms with Crippen molar-refractivity contribution in [1.29, 1.82) is 0 Å². The van der Waals surface area contributed by atoms with Crippen molar-refractivity contribution >= 4 is 5.78 Å². The average molecular weight is 198 g/mol. The van der Waals surface area contributed by atoms with Crippen molar-refractivity contribution in [3.63, 3.8) is 0 Å². The third kappa shape index (κ3) is 3.07. The molecule has 0 aliphatic carbocycles. The number of nitrogens with zero attached hydrogens (tertiary/aromatic N) is 1. The number of carbonyl (C=O) groups is 1. The smallest absolute Gasteiger partial charge is 0.152 e. The molecule has 3 nitrogen and oxygen atoms in total. The van der Waals surface area contributed by atoms with Crippen LogP contribution in [0.3, 0.4) is 0 Å². The minimum Gasteiger partial charge on any atom is -0.314 e. The first-order chi connectivity index (χ1) is 6.50. The first-order valence-electron chi connectivity index (χ1n) is 5.51. The van der Waals surface area contributed by atoms with E-state index in [1.807, 2.05) is 0 Å². The number of nitrogens with one attached hydrogen (secondary N) is 1. The fourth-order valence-electron chi connectivity index (χ4n) is 1.73. The highest BCUT2D eigenvalue weighted by Crippen LogP contribution is 2.14. The first kappa shape index (κ1) is 11.7. The van der Waals surface area contributed by atoms with Crippen molar-refractivity contribution in [2.75, 3.05) is 19.6 Å². The lowest BCUT2D eigenvalue weighted by atomic mass is 10.1. The number of rotatable bonds is 4. The molecule has 1 N–H and O–H groups in total. The maximum Gasteiger partial charge on any atom is 0.152 e. The van der Waals surface area contributed by atoms with Crippen LogP contribution >= 0.6 is 0 Å². The highest BCUT2D eigenvalue weighted by atomic mass is 16.1. The second kappa shape index (κ2) is 4.89. The van der Waals surface area contributed by atoms with Crippen LogP contribution < -0.4 is 5.32 Å². The van der Waals surface area contributed by atoms with Crippen molar-refractivity contribution in [1.82, 2.24) is 10.2 Å². The van der Waals surface area contributed by atoms with Crippen LogP contribution in [-0.4, -0.2) is 42.4 Å². The third-order valence-corrected chi connectivity index (χ3v) is 2.77. The Kier molecular flexibility index (Phi) is 4.08. The summed E-state index contributed by atoms with van der Waals surface area (Å²) in [5.74, 6) is 0.603. The Morgan fingerprint density at radius 3 is 2.50 bits per heavy atom. The summed E-state index contributed by atoms with van der Waals surface area (Å²) in [4.78, 5) is 13.9. The molecule has 0 radical (unpaired) electrons. The highest BCUT2D eigenvalue weighted by molar-refractivity contribution is 5.85. The number of likely N-dealkylation sites (tertiary alicyclic amines) is 1. The second-order valence-corrected chi connectivity index (χ2v) is 4.75. The van der Waals surface area contributed by atoms with Gasteiger partial charge >= 0.3 is 0 Å². The van der Waals surface area contributed by atoms with E-state index in [-0.39, 0.29) is 5.92 Å². The molecule has 1 saturated heterocycles. The summed E-state index contributed by atoms with van der Waals surface area (Å²) >= 11 is 0. The van der Waals surface area contributed by atoms with Crippen LogP contribution in [0.5, 0.6) is 0 Å². The Balaban J connectivity index is 2.37. The molecule has 1 aliphatic rings. The number of Topliss-reactive ketones (excluding diaryl/α,β-unsaturated/α-hetero) is 1. The Bertz CT molecular complexity index is 201. The van der Waals surface area contributed by atoms with Gasteiger partial charge in [0.2, 0.25) is 0 Å². The number of hydrogen-bond donors (Lipinski definition) is 1. The lowest BCUT2D eigenvalue weighted by Crippen LogP contribution is -2.33. The fraction of sp³-hybridized carbons (Fsp3) is 0.909. The standard InChI is InChI=1S/C11H22N2O/c1-8(2)12-5-10-6-13(9(3)4)7-11(10)14/h8-10,12H,5-7H2,1-4H3/t10-/m0/s1. The maximum absolute atomic E-state index is 11.6. The molecule has 0 spiro atoms. The van der Waals surface area contributed by atoms with Gasteiger partial charge in [-0.1, -0.05) is 13.8 Å².